The molecule has 1 aliphatic heterocycles. The predicted octanol–water partition coefficient (Wildman–Crippen LogP) is 3.62. The van der Waals surface area contributed by atoms with E-state index in [4.69, 9.17) is 11.6 Å². The maximum atomic E-state index is 12.5. The Balaban J connectivity index is 1.51. The lowest BCUT2D eigenvalue weighted by molar-refractivity contribution is 0.177. The molecule has 9 heteroatoms. The Bertz CT molecular complexity index is 879. The van der Waals surface area contributed by atoms with Crippen molar-refractivity contribution in [2.45, 2.75) is 36.1 Å². The Morgan fingerprint density at radius 1 is 1.22 bits per heavy atom. The maximum Gasteiger partial charge on any atom is 0.317 e. The summed E-state index contributed by atoms with van der Waals surface area (Å²) in [6.45, 7) is 2.89. The van der Waals surface area contributed by atoms with Gasteiger partial charge in [-0.3, -0.25) is 0 Å². The molecular weight excluding hydrogens is 406 g/mol. The SMILES string of the molecule is C[C@@H](NC(=O)N1CCC(NS(=O)(=O)c2cccs2)CC1)c1ccccc1Cl. The van der Waals surface area contributed by atoms with Crippen molar-refractivity contribution in [3.63, 3.8) is 0 Å². The number of piperidine rings is 1. The van der Waals surface area contributed by atoms with Crippen molar-refractivity contribution in [3.8, 4) is 0 Å². The standard InChI is InChI=1S/C18H22ClN3O3S2/c1-13(15-5-2-3-6-16(15)19)20-18(23)22-10-8-14(9-11-22)21-27(24,25)17-7-4-12-26-17/h2-7,12-14,21H,8-11H2,1H3,(H,20,23)/t13-/m1/s1. The number of sulfonamides is 1. The van der Waals surface area contributed by atoms with Gasteiger partial charge in [-0.05, 0) is 42.8 Å². The lowest BCUT2D eigenvalue weighted by atomic mass is 10.1. The first kappa shape index (κ1) is 20.1. The third kappa shape index (κ3) is 5.01. The molecule has 2 N–H and O–H groups in total. The normalized spacial score (nSPS) is 16.9. The third-order valence-corrected chi connectivity index (χ3v) is 7.84. The van der Waals surface area contributed by atoms with E-state index in [9.17, 15) is 13.2 Å². The zero-order chi connectivity index (χ0) is 19.4. The van der Waals surface area contributed by atoms with Gasteiger partial charge in [0.25, 0.3) is 0 Å². The molecule has 2 aromatic rings. The minimum Gasteiger partial charge on any atom is -0.331 e. The van der Waals surface area contributed by atoms with Gasteiger partial charge in [-0.25, -0.2) is 17.9 Å². The number of nitrogens with one attached hydrogen (secondary N) is 2. The van der Waals surface area contributed by atoms with Crippen LogP contribution in [0, 0.1) is 0 Å². The van der Waals surface area contributed by atoms with Gasteiger partial charge >= 0.3 is 6.03 Å². The lowest BCUT2D eigenvalue weighted by Gasteiger charge is -2.33. The van der Waals surface area contributed by atoms with Crippen molar-refractivity contribution in [3.05, 3.63) is 52.4 Å². The van der Waals surface area contributed by atoms with Crippen molar-refractivity contribution in [1.82, 2.24) is 14.9 Å². The molecule has 1 saturated heterocycles. The summed E-state index contributed by atoms with van der Waals surface area (Å²) in [6.07, 6.45) is 1.16. The average Bonchev–Trinajstić information content (AvgIpc) is 3.18. The van der Waals surface area contributed by atoms with Gasteiger partial charge in [0, 0.05) is 24.2 Å². The summed E-state index contributed by atoms with van der Waals surface area (Å²) >= 11 is 7.38. The number of amides is 2. The molecule has 1 aliphatic rings. The molecule has 1 aromatic carbocycles. The third-order valence-electron chi connectivity index (χ3n) is 4.58. The zero-order valence-corrected chi connectivity index (χ0v) is 17.3. The van der Waals surface area contributed by atoms with Gasteiger partial charge in [0.05, 0.1) is 6.04 Å². The summed E-state index contributed by atoms with van der Waals surface area (Å²) in [5, 5.41) is 5.31. The summed E-state index contributed by atoms with van der Waals surface area (Å²) in [4.78, 5) is 14.2. The molecule has 1 atom stereocenters. The van der Waals surface area contributed by atoms with Gasteiger partial charge in [-0.1, -0.05) is 35.9 Å². The Kier molecular flexibility index (Phi) is 6.41. The highest BCUT2D eigenvalue weighted by atomic mass is 35.5. The smallest absolute Gasteiger partial charge is 0.317 e. The van der Waals surface area contributed by atoms with Crippen molar-refractivity contribution in [2.75, 3.05) is 13.1 Å². The number of thiophene rings is 1. The summed E-state index contributed by atoms with van der Waals surface area (Å²) in [7, 11) is -3.48. The monoisotopic (exact) mass is 427 g/mol. The summed E-state index contributed by atoms with van der Waals surface area (Å²) in [5.41, 5.74) is 0.867. The highest BCUT2D eigenvalue weighted by molar-refractivity contribution is 7.91. The molecule has 146 valence electrons. The summed E-state index contributed by atoms with van der Waals surface area (Å²) in [6, 6.07) is 10.2. The molecule has 1 fully saturated rings. The molecule has 0 bridgehead atoms. The van der Waals surface area contributed by atoms with Gasteiger partial charge < -0.3 is 10.2 Å². The molecule has 27 heavy (non-hydrogen) atoms. The topological polar surface area (TPSA) is 78.5 Å². The van der Waals surface area contributed by atoms with Crippen LogP contribution in [0.25, 0.3) is 0 Å². The average molecular weight is 428 g/mol. The fourth-order valence-electron chi connectivity index (χ4n) is 3.07. The number of urea groups is 1. The molecule has 0 radical (unpaired) electrons. The van der Waals surface area contributed by atoms with E-state index >= 15 is 0 Å². The number of hydrogen-bond donors (Lipinski definition) is 2. The fourth-order valence-corrected chi connectivity index (χ4v) is 5.69. The van der Waals surface area contributed by atoms with Crippen molar-refractivity contribution >= 4 is 39.0 Å². The van der Waals surface area contributed by atoms with Crippen LogP contribution in [0.5, 0.6) is 0 Å². The number of carbonyl (C=O) groups excluding carboxylic acids is 1. The van der Waals surface area contributed by atoms with E-state index in [1.165, 1.54) is 11.3 Å². The van der Waals surface area contributed by atoms with Crippen LogP contribution < -0.4 is 10.0 Å². The number of benzene rings is 1. The second kappa shape index (κ2) is 8.60. The van der Waals surface area contributed by atoms with Crippen LogP contribution in [0.1, 0.15) is 31.4 Å². The second-order valence-corrected chi connectivity index (χ2v) is 9.80. The molecule has 6 nitrogen and oxygen atoms in total. The minimum atomic E-state index is -3.48. The molecule has 0 aliphatic carbocycles. The zero-order valence-electron chi connectivity index (χ0n) is 14.9. The Morgan fingerprint density at radius 2 is 1.93 bits per heavy atom. The molecule has 0 saturated carbocycles. The summed E-state index contributed by atoms with van der Waals surface area (Å²) < 4.78 is 27.7. The molecule has 2 heterocycles. The van der Waals surface area contributed by atoms with Crippen molar-refractivity contribution in [1.29, 1.82) is 0 Å². The van der Waals surface area contributed by atoms with Crippen molar-refractivity contribution in [2.24, 2.45) is 0 Å². The van der Waals surface area contributed by atoms with Crippen LogP contribution in [0.4, 0.5) is 4.79 Å². The second-order valence-electron chi connectivity index (χ2n) is 6.51. The minimum absolute atomic E-state index is 0.165. The Morgan fingerprint density at radius 3 is 2.56 bits per heavy atom. The highest BCUT2D eigenvalue weighted by Crippen LogP contribution is 2.23. The van der Waals surface area contributed by atoms with Crippen LogP contribution >= 0.6 is 22.9 Å². The fraction of sp³-hybridized carbons (Fsp3) is 0.389. The van der Waals surface area contributed by atoms with E-state index in [0.717, 1.165) is 5.56 Å². The lowest BCUT2D eigenvalue weighted by Crippen LogP contribution is -2.49. The first-order valence-electron chi connectivity index (χ1n) is 8.72. The van der Waals surface area contributed by atoms with E-state index in [2.05, 4.69) is 10.0 Å². The molecule has 2 amide bonds. The van der Waals surface area contributed by atoms with E-state index in [0.29, 0.717) is 35.2 Å². The number of rotatable bonds is 5. The molecule has 3 rings (SSSR count). The van der Waals surface area contributed by atoms with Gasteiger partial charge in [0.1, 0.15) is 4.21 Å². The van der Waals surface area contributed by atoms with Crippen LogP contribution in [0.2, 0.25) is 5.02 Å². The maximum absolute atomic E-state index is 12.5. The number of likely N-dealkylation sites (tertiary alicyclic amines) is 1. The van der Waals surface area contributed by atoms with Gasteiger partial charge in [0.2, 0.25) is 10.0 Å². The van der Waals surface area contributed by atoms with Crippen LogP contribution in [0.3, 0.4) is 0 Å². The van der Waals surface area contributed by atoms with Crippen LogP contribution in [-0.2, 0) is 10.0 Å². The molecule has 0 unspecified atom stereocenters. The van der Waals surface area contributed by atoms with E-state index in [-0.39, 0.29) is 18.1 Å². The molecule has 0 spiro atoms. The highest BCUT2D eigenvalue weighted by Gasteiger charge is 2.27. The Labute approximate surface area is 168 Å². The number of nitrogens with zero attached hydrogens (tertiary/aromatic N) is 1. The first-order valence-corrected chi connectivity index (χ1v) is 11.5. The molecular formula is C18H22ClN3O3S2. The van der Waals surface area contributed by atoms with Gasteiger partial charge in [-0.2, -0.15) is 0 Å². The van der Waals surface area contributed by atoms with Gasteiger partial charge in [-0.15, -0.1) is 11.3 Å². The number of halogens is 1. The quantitative estimate of drug-likeness (QED) is 0.764. The van der Waals surface area contributed by atoms with Gasteiger partial charge in [0.15, 0.2) is 0 Å². The van der Waals surface area contributed by atoms with E-state index in [1.54, 1.807) is 28.5 Å². The predicted molar refractivity (Wildman–Crippen MR) is 108 cm³/mol. The molecule has 1 aromatic heterocycles. The van der Waals surface area contributed by atoms with Crippen LogP contribution in [-0.4, -0.2) is 38.5 Å². The first-order chi connectivity index (χ1) is 12.9. The Hall–Kier alpha value is -1.61. The van der Waals surface area contributed by atoms with Crippen molar-refractivity contribution < 1.29 is 13.2 Å². The number of carbonyl (C=O) groups is 1. The van der Waals surface area contributed by atoms with E-state index in [1.807, 2.05) is 25.1 Å². The van der Waals surface area contributed by atoms with Crippen LogP contribution in [0.15, 0.2) is 46.0 Å². The largest absolute Gasteiger partial charge is 0.331 e. The number of hydrogen-bond acceptors (Lipinski definition) is 4. The summed E-state index contributed by atoms with van der Waals surface area (Å²) in [5.74, 6) is 0. The van der Waals surface area contributed by atoms with E-state index < -0.39 is 10.0 Å².